The van der Waals surface area contributed by atoms with E-state index >= 15 is 0 Å². The highest BCUT2D eigenvalue weighted by Crippen LogP contribution is 2.51. The van der Waals surface area contributed by atoms with Gasteiger partial charge in [0.15, 0.2) is 17.5 Å². The molecule has 0 unspecified atom stereocenters. The first-order valence-electron chi connectivity index (χ1n) is 15.7. The minimum atomic E-state index is -0.113. The first-order chi connectivity index (χ1) is 22.6. The summed E-state index contributed by atoms with van der Waals surface area (Å²) in [6, 6.07) is 51.2. The summed E-state index contributed by atoms with van der Waals surface area (Å²) in [6.07, 6.45) is 0. The average molecular weight is 591 g/mol. The summed E-state index contributed by atoms with van der Waals surface area (Å²) in [5.74, 6) is 2.00. The molecule has 218 valence electrons. The first-order valence-corrected chi connectivity index (χ1v) is 15.7. The minimum absolute atomic E-state index is 0.113. The third kappa shape index (κ3) is 3.97. The zero-order valence-corrected chi connectivity index (χ0v) is 25.6. The fourth-order valence-corrected chi connectivity index (χ4v) is 7.25. The van der Waals surface area contributed by atoms with Crippen LogP contribution >= 0.6 is 0 Å². The van der Waals surface area contributed by atoms with Crippen molar-refractivity contribution in [2.45, 2.75) is 19.3 Å². The highest BCUT2D eigenvalue weighted by Gasteiger charge is 2.37. The Balaban J connectivity index is 1.29. The SMILES string of the molecule is CC1(C)c2ccccc2-c2c(-c3nc(-c4ccccc4)nc(-c4ccc5c(c4)c4ccccc4n5-c4ccccc4)n3)cccc21. The van der Waals surface area contributed by atoms with Gasteiger partial charge in [-0.25, -0.2) is 15.0 Å². The molecule has 1 aliphatic rings. The van der Waals surface area contributed by atoms with Crippen LogP contribution in [-0.4, -0.2) is 19.5 Å². The molecule has 0 bridgehead atoms. The Morgan fingerprint density at radius 3 is 1.89 bits per heavy atom. The summed E-state index contributed by atoms with van der Waals surface area (Å²) in [5, 5.41) is 2.36. The van der Waals surface area contributed by atoms with Gasteiger partial charge in [0, 0.05) is 38.6 Å². The molecule has 0 N–H and O–H groups in total. The molecule has 0 spiro atoms. The van der Waals surface area contributed by atoms with Crippen LogP contribution in [0.1, 0.15) is 25.0 Å². The quantitative estimate of drug-likeness (QED) is 0.205. The Kier molecular flexibility index (Phi) is 5.81. The molecule has 9 rings (SSSR count). The van der Waals surface area contributed by atoms with Crippen molar-refractivity contribution < 1.29 is 0 Å². The predicted molar refractivity (Wildman–Crippen MR) is 188 cm³/mol. The molecule has 2 heterocycles. The summed E-state index contributed by atoms with van der Waals surface area (Å²) in [7, 11) is 0. The molecule has 0 atom stereocenters. The second-order valence-corrected chi connectivity index (χ2v) is 12.5. The third-order valence-corrected chi connectivity index (χ3v) is 9.46. The van der Waals surface area contributed by atoms with Crippen LogP contribution in [0, 0.1) is 0 Å². The van der Waals surface area contributed by atoms with Gasteiger partial charge in [-0.15, -0.1) is 0 Å². The van der Waals surface area contributed by atoms with Gasteiger partial charge in [-0.1, -0.05) is 123 Å². The van der Waals surface area contributed by atoms with Crippen LogP contribution in [-0.2, 0) is 5.41 Å². The summed E-state index contributed by atoms with van der Waals surface area (Å²) in [6.45, 7) is 4.60. The van der Waals surface area contributed by atoms with Gasteiger partial charge >= 0.3 is 0 Å². The van der Waals surface area contributed by atoms with E-state index in [9.17, 15) is 0 Å². The van der Waals surface area contributed by atoms with E-state index in [2.05, 4.69) is 146 Å². The molecule has 2 aromatic heterocycles. The Hall–Kier alpha value is -5.87. The number of fused-ring (bicyclic) bond motifs is 6. The molecule has 46 heavy (non-hydrogen) atoms. The summed E-state index contributed by atoms with van der Waals surface area (Å²) < 4.78 is 2.33. The fraction of sp³-hybridized carbons (Fsp3) is 0.0714. The van der Waals surface area contributed by atoms with Gasteiger partial charge in [-0.05, 0) is 58.7 Å². The lowest BCUT2D eigenvalue weighted by atomic mass is 9.82. The molecule has 6 aromatic carbocycles. The van der Waals surface area contributed by atoms with E-state index in [-0.39, 0.29) is 5.41 Å². The van der Waals surface area contributed by atoms with E-state index < -0.39 is 0 Å². The standard InChI is InChI=1S/C42H30N4/c1-42(2)34-21-11-9-19-31(34)38-32(20-13-22-35(38)42)41-44-39(27-14-5-3-6-15-27)43-40(45-41)28-24-25-37-33(26-28)30-18-10-12-23-36(30)46(37)29-16-7-4-8-17-29/h3-26H,1-2H3. The van der Waals surface area contributed by atoms with Crippen LogP contribution in [0.5, 0.6) is 0 Å². The van der Waals surface area contributed by atoms with Gasteiger partial charge in [-0.3, -0.25) is 0 Å². The van der Waals surface area contributed by atoms with Crippen molar-refractivity contribution in [1.82, 2.24) is 19.5 Å². The number of rotatable bonds is 4. The normalized spacial score (nSPS) is 13.2. The van der Waals surface area contributed by atoms with Gasteiger partial charge in [0.1, 0.15) is 0 Å². The largest absolute Gasteiger partial charge is 0.309 e. The van der Waals surface area contributed by atoms with Gasteiger partial charge in [0.05, 0.1) is 11.0 Å². The topological polar surface area (TPSA) is 43.6 Å². The second-order valence-electron chi connectivity index (χ2n) is 12.5. The molecule has 4 heteroatoms. The molecule has 0 saturated carbocycles. The van der Waals surface area contributed by atoms with Crippen molar-refractivity contribution in [2.24, 2.45) is 0 Å². The van der Waals surface area contributed by atoms with Crippen LogP contribution in [0.25, 0.3) is 72.8 Å². The molecule has 0 saturated heterocycles. The summed E-state index contributed by atoms with van der Waals surface area (Å²) in [4.78, 5) is 15.4. The summed E-state index contributed by atoms with van der Waals surface area (Å²) in [5.41, 5.74) is 11.4. The monoisotopic (exact) mass is 590 g/mol. The maximum absolute atomic E-state index is 5.22. The molecular weight excluding hydrogens is 560 g/mol. The van der Waals surface area contributed by atoms with Crippen LogP contribution in [0.2, 0.25) is 0 Å². The van der Waals surface area contributed by atoms with E-state index in [4.69, 9.17) is 15.0 Å². The van der Waals surface area contributed by atoms with Gasteiger partial charge in [-0.2, -0.15) is 0 Å². The third-order valence-electron chi connectivity index (χ3n) is 9.46. The van der Waals surface area contributed by atoms with Crippen molar-refractivity contribution in [3.8, 4) is 51.0 Å². The van der Waals surface area contributed by atoms with Crippen LogP contribution in [0.4, 0.5) is 0 Å². The Morgan fingerprint density at radius 1 is 0.457 bits per heavy atom. The van der Waals surface area contributed by atoms with Crippen LogP contribution < -0.4 is 0 Å². The van der Waals surface area contributed by atoms with Crippen molar-refractivity contribution >= 4 is 21.8 Å². The van der Waals surface area contributed by atoms with Crippen molar-refractivity contribution in [2.75, 3.05) is 0 Å². The molecule has 0 amide bonds. The van der Waals surface area contributed by atoms with Crippen molar-refractivity contribution in [3.05, 3.63) is 157 Å². The van der Waals surface area contributed by atoms with Crippen molar-refractivity contribution in [3.63, 3.8) is 0 Å². The number of aromatic nitrogens is 4. The maximum atomic E-state index is 5.22. The van der Waals surface area contributed by atoms with Crippen LogP contribution in [0.3, 0.4) is 0 Å². The number of benzene rings is 6. The lowest BCUT2D eigenvalue weighted by Crippen LogP contribution is -2.14. The fourth-order valence-electron chi connectivity index (χ4n) is 7.25. The predicted octanol–water partition coefficient (Wildman–Crippen LogP) is 10.3. The lowest BCUT2D eigenvalue weighted by molar-refractivity contribution is 0.660. The van der Waals surface area contributed by atoms with E-state index in [1.165, 1.54) is 33.2 Å². The Bertz CT molecular complexity index is 2440. The molecule has 1 aliphatic carbocycles. The van der Waals surface area contributed by atoms with E-state index in [1.807, 2.05) is 18.2 Å². The highest BCUT2D eigenvalue weighted by molar-refractivity contribution is 6.10. The minimum Gasteiger partial charge on any atom is -0.309 e. The molecule has 0 aliphatic heterocycles. The van der Waals surface area contributed by atoms with Crippen molar-refractivity contribution in [1.29, 1.82) is 0 Å². The number of nitrogens with zero attached hydrogens (tertiary/aromatic N) is 4. The molecule has 0 radical (unpaired) electrons. The van der Waals surface area contributed by atoms with Gasteiger partial charge < -0.3 is 4.57 Å². The molecular formula is C42H30N4. The molecule has 0 fully saturated rings. The Labute approximate surface area is 267 Å². The summed E-state index contributed by atoms with van der Waals surface area (Å²) >= 11 is 0. The number of hydrogen-bond acceptors (Lipinski definition) is 3. The van der Waals surface area contributed by atoms with E-state index in [0.717, 1.165) is 33.3 Å². The number of hydrogen-bond donors (Lipinski definition) is 0. The van der Waals surface area contributed by atoms with Gasteiger partial charge in [0.25, 0.3) is 0 Å². The molecule has 8 aromatic rings. The van der Waals surface area contributed by atoms with E-state index in [1.54, 1.807) is 0 Å². The van der Waals surface area contributed by atoms with Crippen LogP contribution in [0.15, 0.2) is 146 Å². The second kappa shape index (κ2) is 10.1. The zero-order valence-electron chi connectivity index (χ0n) is 25.6. The average Bonchev–Trinajstić information content (AvgIpc) is 3.57. The number of para-hydroxylation sites is 2. The maximum Gasteiger partial charge on any atom is 0.164 e. The first kappa shape index (κ1) is 26.5. The van der Waals surface area contributed by atoms with E-state index in [0.29, 0.717) is 17.5 Å². The Morgan fingerprint density at radius 2 is 1.07 bits per heavy atom. The smallest absolute Gasteiger partial charge is 0.164 e. The molecule has 4 nitrogen and oxygen atoms in total. The lowest BCUT2D eigenvalue weighted by Gasteiger charge is -2.21. The van der Waals surface area contributed by atoms with Gasteiger partial charge in [0.2, 0.25) is 0 Å². The highest BCUT2D eigenvalue weighted by atomic mass is 15.0. The zero-order chi connectivity index (χ0) is 30.8.